The van der Waals surface area contributed by atoms with E-state index in [9.17, 15) is 0 Å². The van der Waals surface area contributed by atoms with Gasteiger partial charge in [-0.2, -0.15) is 0 Å². The monoisotopic (exact) mass is 205 g/mol. The van der Waals surface area contributed by atoms with E-state index >= 15 is 0 Å². The van der Waals surface area contributed by atoms with Gasteiger partial charge >= 0.3 is 0 Å². The molecule has 1 aromatic carbocycles. The first-order valence-electron chi connectivity index (χ1n) is 5.58. The Morgan fingerprint density at radius 1 is 1.13 bits per heavy atom. The molecule has 1 aromatic rings. The third-order valence-electron chi connectivity index (χ3n) is 2.86. The van der Waals surface area contributed by atoms with E-state index in [4.69, 9.17) is 0 Å². The molecule has 2 atom stereocenters. The summed E-state index contributed by atoms with van der Waals surface area (Å²) in [6.45, 7) is 6.56. The van der Waals surface area contributed by atoms with Crippen molar-refractivity contribution < 1.29 is 0 Å². The fraction of sp³-hybridized carbons (Fsp3) is 0.500. The Kier molecular flexibility index (Phi) is 3.23. The van der Waals surface area contributed by atoms with Crippen molar-refractivity contribution >= 4 is 5.69 Å². The Morgan fingerprint density at radius 2 is 1.73 bits per heavy atom. The van der Waals surface area contributed by atoms with Crippen LogP contribution in [0.1, 0.15) is 13.8 Å². The van der Waals surface area contributed by atoms with Gasteiger partial charge < -0.3 is 10.7 Å². The number of benzene rings is 1. The number of hydrogen-bond donors (Lipinski definition) is 2. The molecule has 0 unspecified atom stereocenters. The Balaban J connectivity index is 2.03. The van der Waals surface area contributed by atoms with Gasteiger partial charge in [-0.05, 0) is 26.0 Å². The van der Waals surface area contributed by atoms with Crippen LogP contribution in [0, 0.1) is 0 Å². The van der Waals surface area contributed by atoms with E-state index in [2.05, 4.69) is 53.9 Å². The number of para-hydroxylation sites is 1. The second-order valence-electron chi connectivity index (χ2n) is 4.24. The summed E-state index contributed by atoms with van der Waals surface area (Å²) >= 11 is 0. The lowest BCUT2D eigenvalue weighted by atomic mass is 10.2. The van der Waals surface area contributed by atoms with Crippen LogP contribution < -0.4 is 10.7 Å². The maximum absolute atomic E-state index is 3.47. The third kappa shape index (κ3) is 2.49. The zero-order chi connectivity index (χ0) is 10.7. The molecule has 0 aliphatic carbocycles. The van der Waals surface area contributed by atoms with E-state index in [0.29, 0.717) is 12.1 Å². The van der Waals surface area contributed by atoms with Crippen molar-refractivity contribution in [3.05, 3.63) is 30.3 Å². The largest absolute Gasteiger partial charge is 0.318 e. The summed E-state index contributed by atoms with van der Waals surface area (Å²) in [6.07, 6.45) is 0. The average Bonchev–Trinajstić information content (AvgIpc) is 2.25. The van der Waals surface area contributed by atoms with Crippen LogP contribution in [0.25, 0.3) is 0 Å². The molecule has 0 spiro atoms. The van der Waals surface area contributed by atoms with Gasteiger partial charge in [-0.15, -0.1) is 0 Å². The Labute approximate surface area is 91.4 Å². The summed E-state index contributed by atoms with van der Waals surface area (Å²) in [6, 6.07) is 11.4. The van der Waals surface area contributed by atoms with Crippen LogP contribution in [0.2, 0.25) is 0 Å². The number of nitrogens with zero attached hydrogens (tertiary/aromatic N) is 1. The lowest BCUT2D eigenvalue weighted by Crippen LogP contribution is -2.57. The quantitative estimate of drug-likeness (QED) is 0.769. The van der Waals surface area contributed by atoms with E-state index in [1.165, 1.54) is 0 Å². The maximum atomic E-state index is 3.47. The van der Waals surface area contributed by atoms with Crippen LogP contribution in [0.15, 0.2) is 30.3 Å². The molecule has 1 fully saturated rings. The first-order valence-corrected chi connectivity index (χ1v) is 5.58. The molecule has 0 amide bonds. The summed E-state index contributed by atoms with van der Waals surface area (Å²) in [7, 11) is 0. The Bertz CT molecular complexity index is 289. The Morgan fingerprint density at radius 3 is 2.33 bits per heavy atom. The van der Waals surface area contributed by atoms with Gasteiger partial charge in [-0.1, -0.05) is 18.2 Å². The van der Waals surface area contributed by atoms with Gasteiger partial charge in [0.05, 0.1) is 0 Å². The van der Waals surface area contributed by atoms with Gasteiger partial charge in [0, 0.05) is 30.9 Å². The fourth-order valence-corrected chi connectivity index (χ4v) is 2.01. The predicted molar refractivity (Wildman–Crippen MR) is 63.7 cm³/mol. The van der Waals surface area contributed by atoms with Crippen LogP contribution >= 0.6 is 0 Å². The number of hydrazine groups is 1. The van der Waals surface area contributed by atoms with Gasteiger partial charge in [-0.3, -0.25) is 0 Å². The van der Waals surface area contributed by atoms with Gasteiger partial charge in [-0.25, -0.2) is 5.01 Å². The molecule has 2 N–H and O–H groups in total. The third-order valence-corrected chi connectivity index (χ3v) is 2.86. The molecule has 1 aliphatic rings. The highest BCUT2D eigenvalue weighted by Gasteiger charge is 2.23. The molecule has 0 bridgehead atoms. The molecule has 0 aromatic heterocycles. The molecule has 1 aliphatic heterocycles. The highest BCUT2D eigenvalue weighted by molar-refractivity contribution is 5.41. The lowest BCUT2D eigenvalue weighted by molar-refractivity contribution is 0.150. The molecule has 1 heterocycles. The topological polar surface area (TPSA) is 27.3 Å². The number of piperazine rings is 1. The predicted octanol–water partition coefficient (Wildman–Crippen LogP) is 1.70. The molecule has 1 saturated heterocycles. The molecule has 3 heteroatoms. The van der Waals surface area contributed by atoms with Crippen molar-refractivity contribution in [3.63, 3.8) is 0 Å². The zero-order valence-corrected chi connectivity index (χ0v) is 9.40. The molecule has 2 rings (SSSR count). The lowest BCUT2D eigenvalue weighted by Gasteiger charge is -2.39. The van der Waals surface area contributed by atoms with Gasteiger partial charge in [0.1, 0.15) is 0 Å². The summed E-state index contributed by atoms with van der Waals surface area (Å²) in [5.41, 5.74) is 4.64. The molecule has 82 valence electrons. The summed E-state index contributed by atoms with van der Waals surface area (Å²) in [4.78, 5) is 0. The molecule has 15 heavy (non-hydrogen) atoms. The van der Waals surface area contributed by atoms with E-state index in [1.807, 2.05) is 6.07 Å². The van der Waals surface area contributed by atoms with Crippen molar-refractivity contribution in [3.8, 4) is 0 Å². The smallest absolute Gasteiger partial charge is 0.0490 e. The van der Waals surface area contributed by atoms with Gasteiger partial charge in [0.2, 0.25) is 0 Å². The molecular formula is C12H19N3. The minimum absolute atomic E-state index is 0.522. The summed E-state index contributed by atoms with van der Waals surface area (Å²) in [5.74, 6) is 0. The summed E-state index contributed by atoms with van der Waals surface area (Å²) < 4.78 is 0. The number of rotatable bonds is 2. The molecule has 0 radical (unpaired) electrons. The van der Waals surface area contributed by atoms with Crippen molar-refractivity contribution in [1.29, 1.82) is 0 Å². The van der Waals surface area contributed by atoms with Crippen LogP contribution in [0.3, 0.4) is 0 Å². The molecule has 0 saturated carbocycles. The van der Waals surface area contributed by atoms with Gasteiger partial charge in [0.15, 0.2) is 0 Å². The van der Waals surface area contributed by atoms with E-state index in [1.54, 1.807) is 0 Å². The molecule has 3 nitrogen and oxygen atoms in total. The van der Waals surface area contributed by atoms with Crippen molar-refractivity contribution in [2.45, 2.75) is 25.9 Å². The number of nitrogens with one attached hydrogen (secondary N) is 2. The minimum Gasteiger partial charge on any atom is -0.318 e. The second-order valence-corrected chi connectivity index (χ2v) is 4.24. The van der Waals surface area contributed by atoms with E-state index < -0.39 is 0 Å². The van der Waals surface area contributed by atoms with Crippen LogP contribution in [-0.2, 0) is 0 Å². The van der Waals surface area contributed by atoms with Crippen molar-refractivity contribution in [2.75, 3.05) is 18.5 Å². The van der Waals surface area contributed by atoms with Crippen LogP contribution in [0.5, 0.6) is 0 Å². The SMILES string of the molecule is C[C@@H]1CNC[C@H](C)N1Nc1ccccc1. The standard InChI is InChI=1S/C12H19N3/c1-10-8-13-9-11(2)15(10)14-12-6-4-3-5-7-12/h3-7,10-11,13-14H,8-9H2,1-2H3/t10-,11+. The minimum atomic E-state index is 0.522. The highest BCUT2D eigenvalue weighted by Crippen LogP contribution is 2.13. The average molecular weight is 205 g/mol. The van der Waals surface area contributed by atoms with E-state index in [-0.39, 0.29) is 0 Å². The van der Waals surface area contributed by atoms with Crippen LogP contribution in [0.4, 0.5) is 5.69 Å². The fourth-order valence-electron chi connectivity index (χ4n) is 2.01. The van der Waals surface area contributed by atoms with Crippen molar-refractivity contribution in [1.82, 2.24) is 10.3 Å². The number of anilines is 1. The maximum Gasteiger partial charge on any atom is 0.0490 e. The Hall–Kier alpha value is -1.06. The first-order chi connectivity index (χ1) is 7.27. The normalized spacial score (nSPS) is 27.6. The summed E-state index contributed by atoms with van der Waals surface area (Å²) in [5, 5.41) is 5.74. The zero-order valence-electron chi connectivity index (χ0n) is 9.40. The van der Waals surface area contributed by atoms with Gasteiger partial charge in [0.25, 0.3) is 0 Å². The second kappa shape index (κ2) is 4.64. The van der Waals surface area contributed by atoms with Crippen LogP contribution in [-0.4, -0.2) is 30.2 Å². The highest BCUT2D eigenvalue weighted by atomic mass is 15.5. The number of hydrogen-bond acceptors (Lipinski definition) is 3. The van der Waals surface area contributed by atoms with E-state index in [0.717, 1.165) is 18.8 Å². The molecular weight excluding hydrogens is 186 g/mol. The van der Waals surface area contributed by atoms with Crippen molar-refractivity contribution in [2.24, 2.45) is 0 Å². The first kappa shape index (κ1) is 10.5.